The maximum absolute atomic E-state index is 11.7. The quantitative estimate of drug-likeness (QED) is 0.264. The van der Waals surface area contributed by atoms with Crippen LogP contribution in [0.2, 0.25) is 5.02 Å². The topological polar surface area (TPSA) is 72.2 Å². The van der Waals surface area contributed by atoms with E-state index in [1.807, 2.05) is 24.3 Å². The molecule has 0 unspecified atom stereocenters. The van der Waals surface area contributed by atoms with Crippen molar-refractivity contribution >= 4 is 41.0 Å². The fourth-order valence-electron chi connectivity index (χ4n) is 1.81. The maximum atomic E-state index is 11.7. The Morgan fingerprint density at radius 1 is 1.17 bits per heavy atom. The molecule has 2 aromatic carbocycles. The van der Waals surface area contributed by atoms with Crippen LogP contribution in [0.3, 0.4) is 0 Å². The van der Waals surface area contributed by atoms with Crippen LogP contribution >= 0.6 is 23.4 Å². The van der Waals surface area contributed by atoms with Gasteiger partial charge in [0.05, 0.1) is 4.92 Å². The molecule has 0 saturated heterocycles. The zero-order valence-electron chi connectivity index (χ0n) is 12.6. The number of hydrogen-bond donors (Lipinski definition) is 1. The molecule has 0 atom stereocenters. The number of nitrogens with one attached hydrogen (secondary N) is 1. The summed E-state index contributed by atoms with van der Waals surface area (Å²) in [4.78, 5) is 22.9. The highest BCUT2D eigenvalue weighted by Crippen LogP contribution is 2.19. The van der Waals surface area contributed by atoms with E-state index in [9.17, 15) is 14.9 Å². The van der Waals surface area contributed by atoms with Gasteiger partial charge in [-0.15, -0.1) is 11.8 Å². The number of thioether (sulfide) groups is 1. The summed E-state index contributed by atoms with van der Waals surface area (Å²) in [6.45, 7) is 0.538. The highest BCUT2D eigenvalue weighted by molar-refractivity contribution is 7.99. The highest BCUT2D eigenvalue weighted by Gasteiger charge is 2.02. The highest BCUT2D eigenvalue weighted by atomic mass is 35.5. The van der Waals surface area contributed by atoms with Gasteiger partial charge in [0.15, 0.2) is 0 Å². The van der Waals surface area contributed by atoms with Gasteiger partial charge in [0.2, 0.25) is 5.91 Å². The van der Waals surface area contributed by atoms with Crippen LogP contribution in [0.15, 0.2) is 59.5 Å². The van der Waals surface area contributed by atoms with Gasteiger partial charge in [-0.2, -0.15) is 0 Å². The number of halogens is 1. The van der Waals surface area contributed by atoms with Crippen molar-refractivity contribution in [3.8, 4) is 0 Å². The Bertz CT molecular complexity index is 731. The fourth-order valence-corrected chi connectivity index (χ4v) is 2.71. The summed E-state index contributed by atoms with van der Waals surface area (Å²) in [5.74, 6) is 0.545. The van der Waals surface area contributed by atoms with Crippen LogP contribution in [0.1, 0.15) is 5.56 Å². The second-order valence-corrected chi connectivity index (χ2v) is 6.38. The number of hydrogen-bond acceptors (Lipinski definition) is 4. The standard InChI is InChI=1S/C17H15ClN2O3S/c18-14-4-8-16(9-5-14)24-12-11-19-17(21)10-3-13-1-6-15(7-2-13)20(22)23/h1-10H,11-12H2,(H,19,21). The molecule has 0 radical (unpaired) electrons. The van der Waals surface area contributed by atoms with Gasteiger partial charge < -0.3 is 5.32 Å². The van der Waals surface area contributed by atoms with Crippen molar-refractivity contribution in [2.75, 3.05) is 12.3 Å². The van der Waals surface area contributed by atoms with Crippen molar-refractivity contribution in [1.29, 1.82) is 0 Å². The summed E-state index contributed by atoms with van der Waals surface area (Å²) in [6.07, 6.45) is 3.03. The number of carbonyl (C=O) groups excluding carboxylic acids is 1. The van der Waals surface area contributed by atoms with Crippen molar-refractivity contribution in [1.82, 2.24) is 5.32 Å². The average molecular weight is 363 g/mol. The number of carbonyl (C=O) groups is 1. The van der Waals surface area contributed by atoms with Crippen molar-refractivity contribution in [3.63, 3.8) is 0 Å². The molecule has 0 aliphatic heterocycles. The molecule has 124 valence electrons. The third-order valence-corrected chi connectivity index (χ3v) is 4.28. The summed E-state index contributed by atoms with van der Waals surface area (Å²) >= 11 is 7.45. The maximum Gasteiger partial charge on any atom is 0.269 e. The molecule has 0 fully saturated rings. The van der Waals surface area contributed by atoms with Crippen LogP contribution in [0.5, 0.6) is 0 Å². The Morgan fingerprint density at radius 2 is 1.83 bits per heavy atom. The van der Waals surface area contributed by atoms with Crippen molar-refractivity contribution in [3.05, 3.63) is 75.3 Å². The smallest absolute Gasteiger partial charge is 0.269 e. The van der Waals surface area contributed by atoms with E-state index in [0.29, 0.717) is 11.6 Å². The summed E-state index contributed by atoms with van der Waals surface area (Å²) < 4.78 is 0. The number of rotatable bonds is 7. The molecule has 0 heterocycles. The molecular formula is C17H15ClN2O3S. The Morgan fingerprint density at radius 3 is 2.46 bits per heavy atom. The number of non-ortho nitro benzene ring substituents is 1. The number of amides is 1. The van der Waals surface area contributed by atoms with Crippen molar-refractivity contribution in [2.24, 2.45) is 0 Å². The first-order valence-corrected chi connectivity index (χ1v) is 8.50. The lowest BCUT2D eigenvalue weighted by Crippen LogP contribution is -2.23. The summed E-state index contributed by atoms with van der Waals surface area (Å²) in [5, 5.41) is 14.0. The van der Waals surface area contributed by atoms with E-state index >= 15 is 0 Å². The summed E-state index contributed by atoms with van der Waals surface area (Å²) in [6, 6.07) is 13.5. The van der Waals surface area contributed by atoms with Gasteiger partial charge in [0.1, 0.15) is 0 Å². The number of nitro benzene ring substituents is 1. The lowest BCUT2D eigenvalue weighted by atomic mass is 10.2. The predicted molar refractivity (Wildman–Crippen MR) is 97.3 cm³/mol. The number of nitrogens with zero attached hydrogens (tertiary/aromatic N) is 1. The molecule has 5 nitrogen and oxygen atoms in total. The normalized spacial score (nSPS) is 10.7. The predicted octanol–water partition coefficient (Wildman–Crippen LogP) is 4.17. The number of nitro groups is 1. The Labute approximate surface area is 148 Å². The van der Waals surface area contributed by atoms with Crippen molar-refractivity contribution < 1.29 is 9.72 Å². The molecule has 0 aliphatic rings. The molecule has 0 spiro atoms. The lowest BCUT2D eigenvalue weighted by molar-refractivity contribution is -0.384. The van der Waals surface area contributed by atoms with E-state index in [-0.39, 0.29) is 11.6 Å². The van der Waals surface area contributed by atoms with Crippen LogP contribution in [0, 0.1) is 10.1 Å². The van der Waals surface area contributed by atoms with E-state index < -0.39 is 4.92 Å². The van der Waals surface area contributed by atoms with Gasteiger partial charge in [-0.1, -0.05) is 11.6 Å². The van der Waals surface area contributed by atoms with E-state index in [0.717, 1.165) is 16.2 Å². The number of benzene rings is 2. The first-order valence-electron chi connectivity index (χ1n) is 7.13. The average Bonchev–Trinajstić information content (AvgIpc) is 2.59. The molecule has 0 bridgehead atoms. The van der Waals surface area contributed by atoms with Crippen LogP contribution < -0.4 is 5.32 Å². The Balaban J connectivity index is 1.72. The molecule has 7 heteroatoms. The molecule has 24 heavy (non-hydrogen) atoms. The van der Waals surface area contributed by atoms with Gasteiger partial charge >= 0.3 is 0 Å². The minimum absolute atomic E-state index is 0.0239. The molecular weight excluding hydrogens is 348 g/mol. The molecule has 1 N–H and O–H groups in total. The molecule has 2 rings (SSSR count). The molecule has 2 aromatic rings. The van der Waals surface area contributed by atoms with Crippen LogP contribution in [0.25, 0.3) is 6.08 Å². The zero-order valence-corrected chi connectivity index (χ0v) is 14.2. The van der Waals surface area contributed by atoms with E-state index in [1.54, 1.807) is 30.0 Å². The summed E-state index contributed by atoms with van der Waals surface area (Å²) in [5.41, 5.74) is 0.752. The molecule has 0 saturated carbocycles. The van der Waals surface area contributed by atoms with Gasteiger partial charge in [0.25, 0.3) is 5.69 Å². The van der Waals surface area contributed by atoms with Crippen LogP contribution in [-0.2, 0) is 4.79 Å². The first kappa shape index (κ1) is 18.0. The molecule has 0 aromatic heterocycles. The minimum atomic E-state index is -0.460. The van der Waals surface area contributed by atoms with Crippen LogP contribution in [-0.4, -0.2) is 23.1 Å². The Hall–Kier alpha value is -2.31. The SMILES string of the molecule is O=C(C=Cc1ccc([N+](=O)[O-])cc1)NCCSc1ccc(Cl)cc1. The summed E-state index contributed by atoms with van der Waals surface area (Å²) in [7, 11) is 0. The van der Waals surface area contributed by atoms with Crippen LogP contribution in [0.4, 0.5) is 5.69 Å². The third kappa shape index (κ3) is 6.06. The fraction of sp³-hybridized carbons (Fsp3) is 0.118. The second-order valence-electron chi connectivity index (χ2n) is 4.78. The van der Waals surface area contributed by atoms with E-state index in [2.05, 4.69) is 5.32 Å². The van der Waals surface area contributed by atoms with Gasteiger partial charge in [0, 0.05) is 40.4 Å². The molecule has 1 amide bonds. The lowest BCUT2D eigenvalue weighted by Gasteiger charge is -2.03. The van der Waals surface area contributed by atoms with Crippen molar-refractivity contribution in [2.45, 2.75) is 4.90 Å². The largest absolute Gasteiger partial charge is 0.352 e. The van der Waals surface area contributed by atoms with Gasteiger partial charge in [-0.05, 0) is 48.0 Å². The molecule has 0 aliphatic carbocycles. The second kappa shape index (κ2) is 9.10. The third-order valence-electron chi connectivity index (χ3n) is 3.01. The minimum Gasteiger partial charge on any atom is -0.352 e. The first-order chi connectivity index (χ1) is 11.5. The van der Waals surface area contributed by atoms with E-state index in [4.69, 9.17) is 11.6 Å². The van der Waals surface area contributed by atoms with Gasteiger partial charge in [-0.25, -0.2) is 0 Å². The Kier molecular flexibility index (Phi) is 6.84. The van der Waals surface area contributed by atoms with Gasteiger partial charge in [-0.3, -0.25) is 14.9 Å². The zero-order chi connectivity index (χ0) is 17.4. The monoisotopic (exact) mass is 362 g/mol. The van der Waals surface area contributed by atoms with E-state index in [1.165, 1.54) is 18.2 Å².